The van der Waals surface area contributed by atoms with E-state index in [9.17, 15) is 0 Å². The van der Waals surface area contributed by atoms with Gasteiger partial charge in [0.05, 0.1) is 0 Å². The Morgan fingerprint density at radius 3 is 2.35 bits per heavy atom. The number of benzene rings is 3. The summed E-state index contributed by atoms with van der Waals surface area (Å²) in [6, 6.07) is 22.7. The molecule has 0 saturated heterocycles. The number of rotatable bonds is 2. The minimum absolute atomic E-state index is 0.0259. The Labute approximate surface area is 141 Å². The molecule has 3 aromatic rings. The maximum atomic E-state index is 6.03. The minimum Gasteiger partial charge on any atom is -0.489 e. The van der Waals surface area contributed by atoms with Crippen molar-refractivity contribution in [3.8, 4) is 28.0 Å². The Morgan fingerprint density at radius 1 is 0.870 bits per heavy atom. The van der Waals surface area contributed by atoms with Gasteiger partial charge in [-0.1, -0.05) is 54.1 Å². The smallest absolute Gasteiger partial charge is 0.130 e. The van der Waals surface area contributed by atoms with Gasteiger partial charge in [0.1, 0.15) is 11.9 Å². The Balaban J connectivity index is 1.90. The Hall–Kier alpha value is -2.25. The molecule has 1 unspecified atom stereocenters. The highest BCUT2D eigenvalue weighted by Gasteiger charge is 2.24. The summed E-state index contributed by atoms with van der Waals surface area (Å²) < 4.78 is 5.97. The van der Waals surface area contributed by atoms with Gasteiger partial charge >= 0.3 is 0 Å². The highest BCUT2D eigenvalue weighted by Crippen LogP contribution is 2.42. The number of fused-ring (bicyclic) bond motifs is 1. The molecule has 4 rings (SSSR count). The fourth-order valence-corrected chi connectivity index (χ4v) is 3.20. The zero-order chi connectivity index (χ0) is 15.8. The van der Waals surface area contributed by atoms with Crippen LogP contribution in [0.5, 0.6) is 5.75 Å². The molecule has 0 bridgehead atoms. The van der Waals surface area contributed by atoms with E-state index in [1.807, 2.05) is 30.3 Å². The van der Waals surface area contributed by atoms with Crippen molar-refractivity contribution in [2.45, 2.75) is 12.5 Å². The van der Waals surface area contributed by atoms with E-state index in [1.54, 1.807) is 0 Å². The van der Waals surface area contributed by atoms with Crippen molar-refractivity contribution in [1.29, 1.82) is 0 Å². The summed E-state index contributed by atoms with van der Waals surface area (Å²) in [4.78, 5) is 0. The number of hydrogen-bond acceptors (Lipinski definition) is 1. The normalized spacial score (nSPS) is 16.0. The van der Waals surface area contributed by atoms with Gasteiger partial charge in [0.2, 0.25) is 0 Å². The molecule has 1 aliphatic heterocycles. The fourth-order valence-electron chi connectivity index (χ4n) is 3.07. The van der Waals surface area contributed by atoms with Crippen LogP contribution in [0.4, 0.5) is 0 Å². The summed E-state index contributed by atoms with van der Waals surface area (Å²) in [7, 11) is 0. The molecule has 0 aromatic heterocycles. The molecule has 0 spiro atoms. The zero-order valence-electron chi connectivity index (χ0n) is 12.6. The van der Waals surface area contributed by atoms with Crippen LogP contribution >= 0.6 is 11.6 Å². The second-order valence-electron chi connectivity index (χ2n) is 5.83. The molecular formula is C21H16ClO. The van der Waals surface area contributed by atoms with E-state index >= 15 is 0 Å². The summed E-state index contributed by atoms with van der Waals surface area (Å²) in [5.41, 5.74) is 5.84. The molecule has 0 aliphatic carbocycles. The van der Waals surface area contributed by atoms with Crippen molar-refractivity contribution < 1.29 is 4.74 Å². The predicted molar refractivity (Wildman–Crippen MR) is 95.8 cm³/mol. The molecule has 0 saturated carbocycles. The third kappa shape index (κ3) is 2.73. The molecular weight excluding hydrogens is 304 g/mol. The summed E-state index contributed by atoms with van der Waals surface area (Å²) in [5, 5.41) is 0.737. The highest BCUT2D eigenvalue weighted by molar-refractivity contribution is 6.30. The zero-order valence-corrected chi connectivity index (χ0v) is 13.4. The molecule has 113 valence electrons. The average Bonchev–Trinajstić information content (AvgIpc) is 2.96. The van der Waals surface area contributed by atoms with Gasteiger partial charge in [-0.15, -0.1) is 0 Å². The van der Waals surface area contributed by atoms with Gasteiger partial charge in [0.25, 0.3) is 0 Å². The summed E-state index contributed by atoms with van der Waals surface area (Å²) in [6.45, 7) is 4.06. The highest BCUT2D eigenvalue weighted by atomic mass is 35.5. The third-order valence-corrected chi connectivity index (χ3v) is 4.41. The first kappa shape index (κ1) is 14.3. The molecule has 23 heavy (non-hydrogen) atoms. The standard InChI is InChI=1S/C21H16ClO/c1-14-11-18-12-17(15-5-3-2-4-6-15)13-20(21(18)23-14)16-7-9-19(22)10-8-16/h2-10,12-14H,1,11H2. The van der Waals surface area contributed by atoms with Gasteiger partial charge in [-0.25, -0.2) is 0 Å². The quantitative estimate of drug-likeness (QED) is 0.579. The van der Waals surface area contributed by atoms with E-state index in [0.29, 0.717) is 0 Å². The van der Waals surface area contributed by atoms with Crippen LogP contribution in [0, 0.1) is 6.92 Å². The van der Waals surface area contributed by atoms with Crippen molar-refractivity contribution in [2.75, 3.05) is 0 Å². The monoisotopic (exact) mass is 319 g/mol. The number of hydrogen-bond donors (Lipinski definition) is 0. The van der Waals surface area contributed by atoms with E-state index in [0.717, 1.165) is 28.3 Å². The molecule has 3 aromatic carbocycles. The largest absolute Gasteiger partial charge is 0.489 e. The van der Waals surface area contributed by atoms with Crippen LogP contribution < -0.4 is 4.74 Å². The minimum atomic E-state index is -0.0259. The molecule has 1 nitrogen and oxygen atoms in total. The van der Waals surface area contributed by atoms with Gasteiger partial charge in [-0.05, 0) is 53.4 Å². The van der Waals surface area contributed by atoms with Crippen LogP contribution in [-0.4, -0.2) is 6.10 Å². The van der Waals surface area contributed by atoms with Crippen molar-refractivity contribution in [3.05, 3.63) is 84.2 Å². The van der Waals surface area contributed by atoms with Crippen LogP contribution in [0.1, 0.15) is 5.56 Å². The lowest BCUT2D eigenvalue weighted by atomic mass is 9.94. The first-order valence-corrected chi connectivity index (χ1v) is 8.06. The maximum absolute atomic E-state index is 6.03. The molecule has 2 heteroatoms. The second kappa shape index (κ2) is 5.75. The van der Waals surface area contributed by atoms with Gasteiger partial charge in [0, 0.05) is 17.0 Å². The van der Waals surface area contributed by atoms with Crippen molar-refractivity contribution >= 4 is 11.6 Å². The maximum Gasteiger partial charge on any atom is 0.130 e. The van der Waals surface area contributed by atoms with Crippen LogP contribution in [0.25, 0.3) is 22.3 Å². The lowest BCUT2D eigenvalue weighted by molar-refractivity contribution is 0.282. The molecule has 0 N–H and O–H groups in total. The average molecular weight is 320 g/mol. The van der Waals surface area contributed by atoms with E-state index in [4.69, 9.17) is 16.3 Å². The van der Waals surface area contributed by atoms with Gasteiger partial charge in [0.15, 0.2) is 0 Å². The van der Waals surface area contributed by atoms with Crippen molar-refractivity contribution in [1.82, 2.24) is 0 Å². The SMILES string of the molecule is [CH2]C1Cc2cc(-c3ccccc3)cc(-c3ccc(Cl)cc3)c2O1. The molecule has 1 radical (unpaired) electrons. The topological polar surface area (TPSA) is 9.23 Å². The predicted octanol–water partition coefficient (Wildman–Crippen LogP) is 5.81. The van der Waals surface area contributed by atoms with Crippen molar-refractivity contribution in [2.24, 2.45) is 0 Å². The number of halogens is 1. The van der Waals surface area contributed by atoms with Gasteiger partial charge in [-0.2, -0.15) is 0 Å². The Morgan fingerprint density at radius 2 is 1.61 bits per heavy atom. The van der Waals surface area contributed by atoms with Gasteiger partial charge in [-0.3, -0.25) is 0 Å². The van der Waals surface area contributed by atoms with E-state index in [-0.39, 0.29) is 6.10 Å². The lowest BCUT2D eigenvalue weighted by Crippen LogP contribution is -2.06. The van der Waals surface area contributed by atoms with Gasteiger partial charge < -0.3 is 4.74 Å². The Kier molecular flexibility index (Phi) is 3.59. The van der Waals surface area contributed by atoms with Crippen molar-refractivity contribution in [3.63, 3.8) is 0 Å². The molecule has 0 amide bonds. The molecule has 1 heterocycles. The molecule has 1 atom stereocenters. The fraction of sp³-hybridized carbons (Fsp3) is 0.0952. The summed E-state index contributed by atoms with van der Waals surface area (Å²) >= 11 is 6.03. The third-order valence-electron chi connectivity index (χ3n) is 4.16. The number of ether oxygens (including phenoxy) is 1. The summed E-state index contributed by atoms with van der Waals surface area (Å²) in [6.07, 6.45) is 0.818. The van der Waals surface area contributed by atoms with Crippen LogP contribution in [-0.2, 0) is 6.42 Å². The first-order chi connectivity index (χ1) is 11.2. The van der Waals surface area contributed by atoms with E-state index in [2.05, 4.69) is 43.3 Å². The lowest BCUT2D eigenvalue weighted by Gasteiger charge is -2.12. The molecule has 1 aliphatic rings. The second-order valence-corrected chi connectivity index (χ2v) is 6.27. The first-order valence-electron chi connectivity index (χ1n) is 7.69. The van der Waals surface area contributed by atoms with E-state index < -0.39 is 0 Å². The van der Waals surface area contributed by atoms with Crippen LogP contribution in [0.15, 0.2) is 66.7 Å². The van der Waals surface area contributed by atoms with Crippen LogP contribution in [0.3, 0.4) is 0 Å². The van der Waals surface area contributed by atoms with E-state index in [1.165, 1.54) is 16.7 Å². The Bertz CT molecular complexity index is 838. The summed E-state index contributed by atoms with van der Waals surface area (Å²) in [5.74, 6) is 0.951. The van der Waals surface area contributed by atoms with Crippen LogP contribution in [0.2, 0.25) is 5.02 Å². The molecule has 0 fully saturated rings.